The molecule has 20 heavy (non-hydrogen) atoms. The number of para-hydroxylation sites is 1. The van der Waals surface area contributed by atoms with E-state index < -0.39 is 10.0 Å². The Kier molecular flexibility index (Phi) is 5.01. The molecule has 0 radical (unpaired) electrons. The van der Waals surface area contributed by atoms with E-state index in [2.05, 4.69) is 10.0 Å². The zero-order valence-electron chi connectivity index (χ0n) is 11.8. The van der Waals surface area contributed by atoms with Gasteiger partial charge in [0.05, 0.1) is 5.69 Å². The van der Waals surface area contributed by atoms with Crippen molar-refractivity contribution in [3.8, 4) is 0 Å². The van der Waals surface area contributed by atoms with Crippen LogP contribution in [-0.4, -0.2) is 27.5 Å². The van der Waals surface area contributed by atoms with Crippen LogP contribution < -0.4 is 15.8 Å². The normalized spacial score (nSPS) is 22.9. The second kappa shape index (κ2) is 6.56. The van der Waals surface area contributed by atoms with Crippen molar-refractivity contribution in [1.82, 2.24) is 4.72 Å². The SMILES string of the molecule is CCNS(=O)(=O)c1ccccc1NCC1CCC(N)C1. The number of rotatable bonds is 6. The summed E-state index contributed by atoms with van der Waals surface area (Å²) in [6.07, 6.45) is 3.18. The number of nitrogens with one attached hydrogen (secondary N) is 2. The maximum atomic E-state index is 12.1. The number of nitrogens with two attached hydrogens (primary N) is 1. The molecule has 112 valence electrons. The van der Waals surface area contributed by atoms with Gasteiger partial charge in [-0.05, 0) is 37.3 Å². The molecule has 1 aliphatic carbocycles. The molecule has 5 nitrogen and oxygen atoms in total. The van der Waals surface area contributed by atoms with Crippen LogP contribution >= 0.6 is 0 Å². The minimum atomic E-state index is -3.43. The van der Waals surface area contributed by atoms with Crippen molar-refractivity contribution in [2.75, 3.05) is 18.4 Å². The zero-order valence-corrected chi connectivity index (χ0v) is 12.6. The minimum absolute atomic E-state index is 0.294. The van der Waals surface area contributed by atoms with E-state index in [1.165, 1.54) is 0 Å². The van der Waals surface area contributed by atoms with E-state index >= 15 is 0 Å². The maximum Gasteiger partial charge on any atom is 0.242 e. The summed E-state index contributed by atoms with van der Waals surface area (Å²) in [6, 6.07) is 7.30. The molecule has 0 amide bonds. The average molecular weight is 297 g/mol. The topological polar surface area (TPSA) is 84.2 Å². The monoisotopic (exact) mass is 297 g/mol. The molecule has 2 rings (SSSR count). The Morgan fingerprint density at radius 3 is 2.70 bits per heavy atom. The van der Waals surface area contributed by atoms with Crippen molar-refractivity contribution >= 4 is 15.7 Å². The summed E-state index contributed by atoms with van der Waals surface area (Å²) in [5.41, 5.74) is 6.56. The van der Waals surface area contributed by atoms with E-state index in [0.29, 0.717) is 29.1 Å². The molecule has 4 N–H and O–H groups in total. The fourth-order valence-corrected chi connectivity index (χ4v) is 3.89. The third kappa shape index (κ3) is 3.71. The van der Waals surface area contributed by atoms with Crippen molar-refractivity contribution < 1.29 is 8.42 Å². The number of benzene rings is 1. The first-order valence-corrected chi connectivity index (χ1v) is 8.59. The lowest BCUT2D eigenvalue weighted by molar-refractivity contribution is 0.564. The molecule has 1 saturated carbocycles. The van der Waals surface area contributed by atoms with Crippen LogP contribution in [0.2, 0.25) is 0 Å². The van der Waals surface area contributed by atoms with Gasteiger partial charge in [0.25, 0.3) is 0 Å². The fourth-order valence-electron chi connectivity index (χ4n) is 2.67. The third-order valence-corrected chi connectivity index (χ3v) is 5.28. The van der Waals surface area contributed by atoms with E-state index in [-0.39, 0.29) is 0 Å². The van der Waals surface area contributed by atoms with Crippen LogP contribution in [0, 0.1) is 5.92 Å². The number of hydrogen-bond acceptors (Lipinski definition) is 4. The molecule has 0 aromatic heterocycles. The van der Waals surface area contributed by atoms with E-state index in [0.717, 1.165) is 25.8 Å². The van der Waals surface area contributed by atoms with Crippen LogP contribution in [-0.2, 0) is 10.0 Å². The summed E-state index contributed by atoms with van der Waals surface area (Å²) in [6.45, 7) is 2.92. The predicted octanol–water partition coefficient (Wildman–Crippen LogP) is 1.52. The second-order valence-corrected chi connectivity index (χ2v) is 7.05. The molecule has 1 aromatic carbocycles. The summed E-state index contributed by atoms with van der Waals surface area (Å²) < 4.78 is 26.8. The van der Waals surface area contributed by atoms with Gasteiger partial charge in [0.1, 0.15) is 4.90 Å². The molecule has 6 heteroatoms. The highest BCUT2D eigenvalue weighted by atomic mass is 32.2. The van der Waals surface area contributed by atoms with E-state index in [4.69, 9.17) is 5.73 Å². The molecule has 1 aliphatic rings. The molecular weight excluding hydrogens is 274 g/mol. The fraction of sp³-hybridized carbons (Fsp3) is 0.571. The molecule has 2 atom stereocenters. The van der Waals surface area contributed by atoms with Crippen LogP contribution in [0.15, 0.2) is 29.2 Å². The number of sulfonamides is 1. The zero-order chi connectivity index (χ0) is 14.6. The van der Waals surface area contributed by atoms with Gasteiger partial charge in [-0.2, -0.15) is 0 Å². The standard InChI is InChI=1S/C14H23N3O2S/c1-2-17-20(18,19)14-6-4-3-5-13(14)16-10-11-7-8-12(15)9-11/h3-6,11-12,16-17H,2,7-10,15H2,1H3. The highest BCUT2D eigenvalue weighted by molar-refractivity contribution is 7.89. The lowest BCUT2D eigenvalue weighted by Crippen LogP contribution is -2.25. The summed E-state index contributed by atoms with van der Waals surface area (Å²) in [5.74, 6) is 0.528. The van der Waals surface area contributed by atoms with E-state index in [1.807, 2.05) is 6.07 Å². The van der Waals surface area contributed by atoms with E-state index in [1.54, 1.807) is 25.1 Å². The third-order valence-electron chi connectivity index (χ3n) is 3.67. The first kappa shape index (κ1) is 15.3. The first-order chi connectivity index (χ1) is 9.53. The van der Waals surface area contributed by atoms with Crippen LogP contribution in [0.1, 0.15) is 26.2 Å². The van der Waals surface area contributed by atoms with E-state index in [9.17, 15) is 8.42 Å². The van der Waals surface area contributed by atoms with Crippen LogP contribution in [0.5, 0.6) is 0 Å². The molecule has 0 saturated heterocycles. The molecular formula is C14H23N3O2S. The maximum absolute atomic E-state index is 12.1. The number of anilines is 1. The Morgan fingerprint density at radius 1 is 1.30 bits per heavy atom. The molecule has 1 fully saturated rings. The Labute approximate surface area is 121 Å². The highest BCUT2D eigenvalue weighted by Crippen LogP contribution is 2.26. The first-order valence-electron chi connectivity index (χ1n) is 7.11. The van der Waals surface area contributed by atoms with Gasteiger partial charge < -0.3 is 11.1 Å². The Hall–Kier alpha value is -1.11. The lowest BCUT2D eigenvalue weighted by Gasteiger charge is -2.15. The van der Waals surface area contributed by atoms with Gasteiger partial charge >= 0.3 is 0 Å². The van der Waals surface area contributed by atoms with Gasteiger partial charge in [0, 0.05) is 19.1 Å². The van der Waals surface area contributed by atoms with Gasteiger partial charge in [-0.1, -0.05) is 19.1 Å². The average Bonchev–Trinajstić information content (AvgIpc) is 2.82. The summed E-state index contributed by atoms with van der Waals surface area (Å²) >= 11 is 0. The number of hydrogen-bond donors (Lipinski definition) is 3. The summed E-state index contributed by atoms with van der Waals surface area (Å²) in [7, 11) is -3.43. The second-order valence-electron chi connectivity index (χ2n) is 5.32. The minimum Gasteiger partial charge on any atom is -0.384 e. The van der Waals surface area contributed by atoms with Crippen LogP contribution in [0.3, 0.4) is 0 Å². The van der Waals surface area contributed by atoms with Crippen molar-refractivity contribution in [3.05, 3.63) is 24.3 Å². The highest BCUT2D eigenvalue weighted by Gasteiger charge is 2.22. The van der Waals surface area contributed by atoms with Crippen molar-refractivity contribution in [3.63, 3.8) is 0 Å². The quantitative estimate of drug-likeness (QED) is 0.743. The van der Waals surface area contributed by atoms with Gasteiger partial charge in [-0.25, -0.2) is 13.1 Å². The van der Waals surface area contributed by atoms with Gasteiger partial charge in [-0.3, -0.25) is 0 Å². The predicted molar refractivity (Wildman–Crippen MR) is 81.1 cm³/mol. The largest absolute Gasteiger partial charge is 0.384 e. The molecule has 1 aromatic rings. The van der Waals surface area contributed by atoms with Crippen LogP contribution in [0.4, 0.5) is 5.69 Å². The van der Waals surface area contributed by atoms with Gasteiger partial charge in [0.2, 0.25) is 10.0 Å². The lowest BCUT2D eigenvalue weighted by atomic mass is 10.1. The molecule has 0 heterocycles. The molecule has 0 bridgehead atoms. The Bertz CT molecular complexity index is 545. The van der Waals surface area contributed by atoms with Crippen molar-refractivity contribution in [2.24, 2.45) is 11.7 Å². The summed E-state index contributed by atoms with van der Waals surface area (Å²) in [5, 5.41) is 3.27. The van der Waals surface area contributed by atoms with Gasteiger partial charge in [0.15, 0.2) is 0 Å². The Balaban J connectivity index is 2.08. The molecule has 0 spiro atoms. The van der Waals surface area contributed by atoms with Crippen LogP contribution in [0.25, 0.3) is 0 Å². The summed E-state index contributed by atoms with van der Waals surface area (Å²) in [4.78, 5) is 0.309. The van der Waals surface area contributed by atoms with Crippen molar-refractivity contribution in [1.29, 1.82) is 0 Å². The molecule has 0 aliphatic heterocycles. The smallest absolute Gasteiger partial charge is 0.242 e. The van der Waals surface area contributed by atoms with Crippen molar-refractivity contribution in [2.45, 2.75) is 37.1 Å². The molecule has 2 unspecified atom stereocenters. The Morgan fingerprint density at radius 2 is 2.05 bits per heavy atom. The van der Waals surface area contributed by atoms with Gasteiger partial charge in [-0.15, -0.1) is 0 Å².